The first-order valence-electron chi connectivity index (χ1n) is 7.98. The van der Waals surface area contributed by atoms with Gasteiger partial charge in [-0.1, -0.05) is 6.07 Å². The molecule has 0 saturated heterocycles. The monoisotopic (exact) mass is 430 g/mol. The van der Waals surface area contributed by atoms with Crippen LogP contribution in [0.3, 0.4) is 0 Å². The molecular weight excluding hydrogens is 420 g/mol. The molecule has 146 valence electrons. The van der Waals surface area contributed by atoms with Gasteiger partial charge in [0.1, 0.15) is 5.56 Å². The molecule has 1 N–H and O–H groups in total. The molecule has 29 heavy (non-hydrogen) atoms. The van der Waals surface area contributed by atoms with Crippen LogP contribution in [0.4, 0.5) is 16.5 Å². The fraction of sp³-hybridized carbons (Fsp3) is 0. The van der Waals surface area contributed by atoms with Crippen LogP contribution in [0.15, 0.2) is 58.9 Å². The third kappa shape index (κ3) is 3.13. The fourth-order valence-electron chi connectivity index (χ4n) is 2.88. The zero-order valence-corrected chi connectivity index (χ0v) is 15.9. The number of hydrogen-bond acceptors (Lipinski definition) is 8. The summed E-state index contributed by atoms with van der Waals surface area (Å²) >= 11 is 1.11. The fourth-order valence-corrected chi connectivity index (χ4v) is 4.67. The molecule has 0 aliphatic carbocycles. The quantitative estimate of drug-likeness (QED) is 0.373. The number of benzene rings is 2. The standard InChI is InChI=1S/C17H10N4O6S2/c22-15-12-2-1-3-13(21(24)25)14(12)16(23)20(15)10-4-6-11(7-5-10)29(26,27)19-17-18-8-9-28-17/h1-9H,(H,18,19). The van der Waals surface area contributed by atoms with E-state index < -0.39 is 32.4 Å². The zero-order chi connectivity index (χ0) is 20.8. The van der Waals surface area contributed by atoms with Crippen LogP contribution < -0.4 is 9.62 Å². The van der Waals surface area contributed by atoms with Crippen LogP contribution in [0.1, 0.15) is 20.7 Å². The van der Waals surface area contributed by atoms with Gasteiger partial charge in [0.05, 0.1) is 21.1 Å². The van der Waals surface area contributed by atoms with E-state index in [2.05, 4.69) is 9.71 Å². The Bertz CT molecular complexity index is 1250. The number of nitro groups is 1. The summed E-state index contributed by atoms with van der Waals surface area (Å²) in [5.41, 5.74) is -0.732. The van der Waals surface area contributed by atoms with Crippen molar-refractivity contribution in [1.29, 1.82) is 0 Å². The Hall–Kier alpha value is -3.64. The number of anilines is 2. The number of carbonyl (C=O) groups excluding carboxylic acids is 2. The Morgan fingerprint density at radius 3 is 2.41 bits per heavy atom. The number of carbonyl (C=O) groups is 2. The predicted octanol–water partition coefficient (Wildman–Crippen LogP) is 2.65. The predicted molar refractivity (Wildman–Crippen MR) is 104 cm³/mol. The lowest BCUT2D eigenvalue weighted by atomic mass is 10.1. The van der Waals surface area contributed by atoms with Crippen LogP contribution in [-0.2, 0) is 10.0 Å². The molecule has 0 radical (unpaired) electrons. The number of amides is 2. The van der Waals surface area contributed by atoms with Gasteiger partial charge in [-0.3, -0.25) is 24.4 Å². The molecule has 0 fully saturated rings. The van der Waals surface area contributed by atoms with Crippen molar-refractivity contribution >= 4 is 49.7 Å². The Labute approximate surface area is 167 Å². The van der Waals surface area contributed by atoms with Crippen molar-refractivity contribution < 1.29 is 22.9 Å². The summed E-state index contributed by atoms with van der Waals surface area (Å²) in [6, 6.07) is 8.82. The molecule has 2 aromatic carbocycles. The minimum atomic E-state index is -3.90. The van der Waals surface area contributed by atoms with Crippen molar-refractivity contribution in [3.05, 3.63) is 75.3 Å². The van der Waals surface area contributed by atoms with E-state index in [1.54, 1.807) is 5.38 Å². The molecule has 12 heteroatoms. The highest BCUT2D eigenvalue weighted by Gasteiger charge is 2.41. The first-order chi connectivity index (χ1) is 13.8. The van der Waals surface area contributed by atoms with Crippen LogP contribution in [-0.4, -0.2) is 30.1 Å². The molecule has 0 spiro atoms. The van der Waals surface area contributed by atoms with Crippen molar-refractivity contribution in [2.45, 2.75) is 4.90 Å². The minimum absolute atomic E-state index is 0.0775. The first kappa shape index (κ1) is 18.7. The molecule has 2 amide bonds. The Balaban J connectivity index is 1.66. The first-order valence-corrected chi connectivity index (χ1v) is 10.3. The normalized spacial score (nSPS) is 13.4. The third-order valence-electron chi connectivity index (χ3n) is 4.15. The number of nitrogens with zero attached hydrogens (tertiary/aromatic N) is 3. The van der Waals surface area contributed by atoms with E-state index in [9.17, 15) is 28.1 Å². The molecule has 4 rings (SSSR count). The van der Waals surface area contributed by atoms with E-state index in [4.69, 9.17) is 0 Å². The Morgan fingerprint density at radius 1 is 1.07 bits per heavy atom. The molecule has 3 aromatic rings. The maximum atomic E-state index is 12.7. The van der Waals surface area contributed by atoms with Crippen molar-refractivity contribution in [2.75, 3.05) is 9.62 Å². The molecule has 1 aromatic heterocycles. The molecular formula is C17H10N4O6S2. The van der Waals surface area contributed by atoms with Gasteiger partial charge in [-0.05, 0) is 30.3 Å². The highest BCUT2D eigenvalue weighted by molar-refractivity contribution is 7.93. The zero-order valence-electron chi connectivity index (χ0n) is 14.3. The number of imide groups is 1. The van der Waals surface area contributed by atoms with E-state index in [-0.39, 0.29) is 26.8 Å². The largest absolute Gasteiger partial charge is 0.283 e. The summed E-state index contributed by atoms with van der Waals surface area (Å²) in [5, 5.41) is 13.0. The molecule has 1 aliphatic heterocycles. The summed E-state index contributed by atoms with van der Waals surface area (Å²) in [6.45, 7) is 0. The van der Waals surface area contributed by atoms with Crippen LogP contribution in [0.2, 0.25) is 0 Å². The molecule has 0 saturated carbocycles. The van der Waals surface area contributed by atoms with Gasteiger partial charge in [-0.2, -0.15) is 0 Å². The van der Waals surface area contributed by atoms with E-state index in [0.717, 1.165) is 22.3 Å². The number of aromatic nitrogens is 1. The number of rotatable bonds is 5. The van der Waals surface area contributed by atoms with Crippen LogP contribution in [0.25, 0.3) is 0 Å². The van der Waals surface area contributed by atoms with Gasteiger partial charge < -0.3 is 0 Å². The number of hydrogen-bond donors (Lipinski definition) is 1. The van der Waals surface area contributed by atoms with Crippen LogP contribution in [0, 0.1) is 10.1 Å². The SMILES string of the molecule is O=C1c2cccc([N+](=O)[O-])c2C(=O)N1c1ccc(S(=O)(=O)Nc2nccs2)cc1. The Morgan fingerprint density at radius 2 is 1.79 bits per heavy atom. The van der Waals surface area contributed by atoms with E-state index in [0.29, 0.717) is 0 Å². The van der Waals surface area contributed by atoms with E-state index in [1.807, 2.05) is 0 Å². The van der Waals surface area contributed by atoms with Crippen molar-refractivity contribution in [3.8, 4) is 0 Å². The van der Waals surface area contributed by atoms with E-state index in [1.165, 1.54) is 42.6 Å². The molecule has 1 aliphatic rings. The number of sulfonamides is 1. The summed E-state index contributed by atoms with van der Waals surface area (Å²) in [5.74, 6) is -1.56. The minimum Gasteiger partial charge on any atom is -0.268 e. The lowest BCUT2D eigenvalue weighted by molar-refractivity contribution is -0.385. The number of fused-ring (bicyclic) bond motifs is 1. The average Bonchev–Trinajstić information content (AvgIpc) is 3.28. The second-order valence-electron chi connectivity index (χ2n) is 5.84. The van der Waals surface area contributed by atoms with Gasteiger partial charge in [-0.15, -0.1) is 11.3 Å². The maximum absolute atomic E-state index is 12.7. The van der Waals surface area contributed by atoms with Gasteiger partial charge in [0.25, 0.3) is 27.5 Å². The summed E-state index contributed by atoms with van der Waals surface area (Å²) in [6.07, 6.45) is 1.45. The molecule has 0 unspecified atom stereocenters. The van der Waals surface area contributed by atoms with Crippen molar-refractivity contribution in [2.24, 2.45) is 0 Å². The Kier molecular flexibility index (Phi) is 4.36. The number of nitrogens with one attached hydrogen (secondary N) is 1. The highest BCUT2D eigenvalue weighted by Crippen LogP contribution is 2.34. The third-order valence-corrected chi connectivity index (χ3v) is 6.32. The summed E-state index contributed by atoms with van der Waals surface area (Å²) in [4.78, 5) is 40.3. The van der Waals surface area contributed by atoms with Gasteiger partial charge in [-0.25, -0.2) is 18.3 Å². The second-order valence-corrected chi connectivity index (χ2v) is 8.42. The smallest absolute Gasteiger partial charge is 0.268 e. The lowest BCUT2D eigenvalue weighted by Gasteiger charge is -2.14. The van der Waals surface area contributed by atoms with E-state index >= 15 is 0 Å². The van der Waals surface area contributed by atoms with Gasteiger partial charge >= 0.3 is 0 Å². The second kappa shape index (κ2) is 6.76. The topological polar surface area (TPSA) is 140 Å². The molecule has 0 atom stereocenters. The average molecular weight is 430 g/mol. The number of thiazole rings is 1. The molecule has 10 nitrogen and oxygen atoms in total. The maximum Gasteiger partial charge on any atom is 0.283 e. The van der Waals surface area contributed by atoms with Crippen molar-refractivity contribution in [1.82, 2.24) is 4.98 Å². The molecule has 0 bridgehead atoms. The highest BCUT2D eigenvalue weighted by atomic mass is 32.2. The summed E-state index contributed by atoms with van der Waals surface area (Å²) in [7, 11) is -3.90. The van der Waals surface area contributed by atoms with Crippen molar-refractivity contribution in [3.63, 3.8) is 0 Å². The van der Waals surface area contributed by atoms with Gasteiger partial charge in [0.2, 0.25) is 0 Å². The lowest BCUT2D eigenvalue weighted by Crippen LogP contribution is -2.29. The van der Waals surface area contributed by atoms with Crippen LogP contribution in [0.5, 0.6) is 0 Å². The number of nitro benzene ring substituents is 1. The molecule has 2 heterocycles. The van der Waals surface area contributed by atoms with Gasteiger partial charge in [0, 0.05) is 17.6 Å². The van der Waals surface area contributed by atoms with Crippen LogP contribution >= 0.6 is 11.3 Å². The van der Waals surface area contributed by atoms with Gasteiger partial charge in [0.15, 0.2) is 5.13 Å². The summed E-state index contributed by atoms with van der Waals surface area (Å²) < 4.78 is 27.1.